The Kier molecular flexibility index (Phi) is 6.24. The number of para-hydroxylation sites is 1. The Hall–Kier alpha value is -3.20. The van der Waals surface area contributed by atoms with Crippen LogP contribution < -0.4 is 10.2 Å². The van der Waals surface area contributed by atoms with Crippen LogP contribution in [0.25, 0.3) is 0 Å². The van der Waals surface area contributed by atoms with Crippen LogP contribution in [0.3, 0.4) is 0 Å². The smallest absolute Gasteiger partial charge is 0.223 e. The number of rotatable bonds is 6. The van der Waals surface area contributed by atoms with E-state index in [-0.39, 0.29) is 37.1 Å². The monoisotopic (exact) mass is 339 g/mol. The van der Waals surface area contributed by atoms with Gasteiger partial charge in [0.25, 0.3) is 0 Å². The molecular weight excluding hydrogens is 321 g/mol. The summed E-state index contributed by atoms with van der Waals surface area (Å²) in [5, 5.41) is 11.8. The van der Waals surface area contributed by atoms with Crippen LogP contribution in [0.5, 0.6) is 0 Å². The van der Waals surface area contributed by atoms with E-state index in [1.807, 2.05) is 6.07 Å². The molecule has 0 spiro atoms. The quantitative estimate of drug-likeness (QED) is 0.879. The summed E-state index contributed by atoms with van der Waals surface area (Å²) < 4.78 is 13.5. The molecule has 2 rings (SSSR count). The molecule has 0 aromatic heterocycles. The van der Waals surface area contributed by atoms with Crippen LogP contribution in [0.4, 0.5) is 10.1 Å². The van der Waals surface area contributed by atoms with Crippen molar-refractivity contribution in [3.05, 3.63) is 65.5 Å². The fraction of sp³-hybridized carbons (Fsp3) is 0.211. The maximum absolute atomic E-state index is 13.5. The number of nitrogens with zero attached hydrogens (tertiary/aromatic N) is 2. The number of hydrogen-bond acceptors (Lipinski definition) is 3. The van der Waals surface area contributed by atoms with Crippen LogP contribution in [-0.2, 0) is 16.1 Å². The van der Waals surface area contributed by atoms with Crippen molar-refractivity contribution < 1.29 is 14.0 Å². The lowest BCUT2D eigenvalue weighted by molar-refractivity contribution is -0.121. The molecular formula is C19H18FN3O2. The van der Waals surface area contributed by atoms with Crippen molar-refractivity contribution in [3.8, 4) is 6.07 Å². The molecule has 0 atom stereocenters. The molecule has 0 saturated heterocycles. The molecule has 5 nitrogen and oxygen atoms in total. The molecule has 0 unspecified atom stereocenters. The minimum atomic E-state index is -0.379. The fourth-order valence-electron chi connectivity index (χ4n) is 2.39. The van der Waals surface area contributed by atoms with Crippen LogP contribution in [0.2, 0.25) is 0 Å². The topological polar surface area (TPSA) is 73.2 Å². The van der Waals surface area contributed by atoms with Gasteiger partial charge in [-0.15, -0.1) is 0 Å². The number of amides is 2. The predicted molar refractivity (Wildman–Crippen MR) is 92.0 cm³/mol. The summed E-state index contributed by atoms with van der Waals surface area (Å²) in [6, 6.07) is 15.0. The zero-order valence-electron chi connectivity index (χ0n) is 13.8. The average molecular weight is 339 g/mol. The van der Waals surface area contributed by atoms with Gasteiger partial charge in [-0.1, -0.05) is 30.3 Å². The number of nitriles is 1. The number of hydrogen-bond donors (Lipinski definition) is 1. The second-order valence-electron chi connectivity index (χ2n) is 5.42. The Morgan fingerprint density at radius 2 is 1.84 bits per heavy atom. The number of nitrogens with one attached hydrogen (secondary N) is 1. The SMILES string of the molecule is CC(=O)N(CCC(=O)NCc1ccccc1F)c1ccccc1C#N. The fourth-order valence-corrected chi connectivity index (χ4v) is 2.39. The molecule has 0 aliphatic heterocycles. The maximum atomic E-state index is 13.5. The van der Waals surface area contributed by atoms with Crippen LogP contribution in [-0.4, -0.2) is 18.4 Å². The molecule has 2 aromatic carbocycles. The van der Waals surface area contributed by atoms with Crippen LogP contribution in [0, 0.1) is 17.1 Å². The predicted octanol–water partition coefficient (Wildman–Crippen LogP) is 2.76. The summed E-state index contributed by atoms with van der Waals surface area (Å²) in [6.45, 7) is 1.60. The minimum absolute atomic E-state index is 0.0494. The Balaban J connectivity index is 1.97. The summed E-state index contributed by atoms with van der Waals surface area (Å²) in [6.07, 6.45) is 0.0494. The van der Waals surface area contributed by atoms with Gasteiger partial charge >= 0.3 is 0 Å². The second kappa shape index (κ2) is 8.60. The highest BCUT2D eigenvalue weighted by molar-refractivity contribution is 5.93. The lowest BCUT2D eigenvalue weighted by Gasteiger charge is -2.22. The molecule has 0 saturated carbocycles. The molecule has 0 bridgehead atoms. The van der Waals surface area contributed by atoms with Gasteiger partial charge in [-0.25, -0.2) is 4.39 Å². The molecule has 0 heterocycles. The summed E-state index contributed by atoms with van der Waals surface area (Å²) >= 11 is 0. The summed E-state index contributed by atoms with van der Waals surface area (Å²) in [7, 11) is 0. The third-order valence-corrected chi connectivity index (χ3v) is 3.69. The lowest BCUT2D eigenvalue weighted by Crippen LogP contribution is -2.34. The van der Waals surface area contributed by atoms with Gasteiger partial charge in [0, 0.05) is 32.0 Å². The number of halogens is 1. The summed E-state index contributed by atoms with van der Waals surface area (Å²) in [5.41, 5.74) is 1.23. The van der Waals surface area contributed by atoms with Crippen molar-refractivity contribution in [2.75, 3.05) is 11.4 Å². The van der Waals surface area contributed by atoms with Crippen molar-refractivity contribution >= 4 is 17.5 Å². The van der Waals surface area contributed by atoms with Gasteiger partial charge in [0.05, 0.1) is 11.3 Å². The number of benzene rings is 2. The van der Waals surface area contributed by atoms with E-state index in [0.29, 0.717) is 16.8 Å². The van der Waals surface area contributed by atoms with Crippen molar-refractivity contribution in [1.82, 2.24) is 5.32 Å². The number of anilines is 1. The van der Waals surface area contributed by atoms with E-state index < -0.39 is 0 Å². The lowest BCUT2D eigenvalue weighted by atomic mass is 10.1. The van der Waals surface area contributed by atoms with E-state index in [4.69, 9.17) is 5.26 Å². The third-order valence-electron chi connectivity index (χ3n) is 3.69. The van der Waals surface area contributed by atoms with Crippen molar-refractivity contribution in [2.45, 2.75) is 19.9 Å². The molecule has 0 radical (unpaired) electrons. The van der Waals surface area contributed by atoms with E-state index >= 15 is 0 Å². The maximum Gasteiger partial charge on any atom is 0.223 e. The van der Waals surface area contributed by atoms with Crippen molar-refractivity contribution in [3.63, 3.8) is 0 Å². The molecule has 0 aliphatic rings. The van der Waals surface area contributed by atoms with E-state index in [2.05, 4.69) is 5.32 Å². The summed E-state index contributed by atoms with van der Waals surface area (Å²) in [5.74, 6) is -0.940. The average Bonchev–Trinajstić information content (AvgIpc) is 2.61. The molecule has 0 aliphatic carbocycles. The van der Waals surface area contributed by atoms with Gasteiger partial charge in [-0.05, 0) is 18.2 Å². The van der Waals surface area contributed by atoms with Gasteiger partial charge in [-0.3, -0.25) is 9.59 Å². The number of carbonyl (C=O) groups is 2. The van der Waals surface area contributed by atoms with Gasteiger partial charge in [0.2, 0.25) is 11.8 Å². The van der Waals surface area contributed by atoms with Crippen LogP contribution in [0.15, 0.2) is 48.5 Å². The Bertz CT molecular complexity index is 814. The third kappa shape index (κ3) is 4.88. The Morgan fingerprint density at radius 3 is 2.52 bits per heavy atom. The Labute approximate surface area is 145 Å². The van der Waals surface area contributed by atoms with Crippen molar-refractivity contribution in [2.24, 2.45) is 0 Å². The van der Waals surface area contributed by atoms with Crippen molar-refractivity contribution in [1.29, 1.82) is 5.26 Å². The molecule has 25 heavy (non-hydrogen) atoms. The van der Waals surface area contributed by atoms with Gasteiger partial charge in [0.1, 0.15) is 11.9 Å². The largest absolute Gasteiger partial charge is 0.352 e. The van der Waals surface area contributed by atoms with Crippen LogP contribution >= 0.6 is 0 Å². The molecule has 128 valence electrons. The second-order valence-corrected chi connectivity index (χ2v) is 5.42. The first-order valence-corrected chi connectivity index (χ1v) is 7.80. The highest BCUT2D eigenvalue weighted by Gasteiger charge is 2.16. The molecule has 0 fully saturated rings. The molecule has 6 heteroatoms. The standard InChI is InChI=1S/C19H18FN3O2/c1-14(24)23(18-9-5-3-6-15(18)12-21)11-10-19(25)22-13-16-7-2-4-8-17(16)20/h2-9H,10-11,13H2,1H3,(H,22,25). The Morgan fingerprint density at radius 1 is 1.16 bits per heavy atom. The first-order chi connectivity index (χ1) is 12.0. The van der Waals surface area contributed by atoms with Gasteiger partial charge in [-0.2, -0.15) is 5.26 Å². The highest BCUT2D eigenvalue weighted by Crippen LogP contribution is 2.20. The zero-order valence-corrected chi connectivity index (χ0v) is 13.8. The molecule has 2 aromatic rings. The minimum Gasteiger partial charge on any atom is -0.352 e. The number of carbonyl (C=O) groups excluding carboxylic acids is 2. The van der Waals surface area contributed by atoms with E-state index in [1.165, 1.54) is 17.9 Å². The highest BCUT2D eigenvalue weighted by atomic mass is 19.1. The van der Waals surface area contributed by atoms with Gasteiger partial charge < -0.3 is 10.2 Å². The van der Waals surface area contributed by atoms with E-state index in [1.54, 1.807) is 42.5 Å². The van der Waals surface area contributed by atoms with E-state index in [9.17, 15) is 14.0 Å². The van der Waals surface area contributed by atoms with Crippen LogP contribution in [0.1, 0.15) is 24.5 Å². The van der Waals surface area contributed by atoms with E-state index in [0.717, 1.165) is 0 Å². The first kappa shape index (κ1) is 18.1. The summed E-state index contributed by atoms with van der Waals surface area (Å²) in [4.78, 5) is 25.3. The zero-order chi connectivity index (χ0) is 18.2. The molecule has 2 amide bonds. The molecule has 1 N–H and O–H groups in total. The van der Waals surface area contributed by atoms with Gasteiger partial charge in [0.15, 0.2) is 0 Å². The normalized spacial score (nSPS) is 9.96. The first-order valence-electron chi connectivity index (χ1n) is 7.80.